The molecular weight excluding hydrogens is 330 g/mol. The largest absolute Gasteiger partial charge is 0.479 e. The van der Waals surface area contributed by atoms with Crippen LogP contribution in [-0.2, 0) is 19.4 Å². The molecule has 7 heteroatoms. The number of rotatable bonds is 9. The summed E-state index contributed by atoms with van der Waals surface area (Å²) < 4.78 is 23.8. The fourth-order valence-corrected chi connectivity index (χ4v) is 3.55. The average Bonchev–Trinajstić information content (AvgIpc) is 2.47. The molecule has 1 rings (SSSR count). The zero-order chi connectivity index (χ0) is 18.3. The standard InChI is InChI=1S/C17H25NO5S/c1-4-5-6-9-24(22,23)11-15(19)18-16(17(20)21)14-8-7-12(2)13(3)10-14/h7-8,10,16H,4-6,9,11H2,1-3H3,(H,18,19)(H,20,21). The number of carboxylic acids is 1. The first-order valence-electron chi connectivity index (χ1n) is 7.96. The zero-order valence-corrected chi connectivity index (χ0v) is 15.1. The van der Waals surface area contributed by atoms with E-state index >= 15 is 0 Å². The average molecular weight is 355 g/mol. The number of aryl methyl sites for hydroxylation is 2. The van der Waals surface area contributed by atoms with E-state index in [9.17, 15) is 23.1 Å². The monoisotopic (exact) mass is 355 g/mol. The van der Waals surface area contributed by atoms with Crippen LogP contribution in [0.4, 0.5) is 0 Å². The molecule has 6 nitrogen and oxygen atoms in total. The molecule has 134 valence electrons. The SMILES string of the molecule is CCCCCS(=O)(=O)CC(=O)NC(C(=O)O)c1ccc(C)c(C)c1. The first-order valence-corrected chi connectivity index (χ1v) is 9.78. The van der Waals surface area contributed by atoms with Gasteiger partial charge in [0.05, 0.1) is 5.75 Å². The summed E-state index contributed by atoms with van der Waals surface area (Å²) in [5, 5.41) is 11.7. The van der Waals surface area contributed by atoms with Gasteiger partial charge in [0.25, 0.3) is 0 Å². The molecule has 0 aliphatic heterocycles. The van der Waals surface area contributed by atoms with E-state index in [1.807, 2.05) is 20.8 Å². The van der Waals surface area contributed by atoms with Gasteiger partial charge >= 0.3 is 5.97 Å². The highest BCUT2D eigenvalue weighted by molar-refractivity contribution is 7.92. The smallest absolute Gasteiger partial charge is 0.330 e. The molecule has 0 aliphatic carbocycles. The number of nitrogens with one attached hydrogen (secondary N) is 1. The Morgan fingerprint density at radius 2 is 1.83 bits per heavy atom. The lowest BCUT2D eigenvalue weighted by atomic mass is 10.0. The van der Waals surface area contributed by atoms with Crippen LogP contribution in [0.5, 0.6) is 0 Å². The van der Waals surface area contributed by atoms with Gasteiger partial charge in [0.2, 0.25) is 5.91 Å². The van der Waals surface area contributed by atoms with E-state index in [4.69, 9.17) is 0 Å². The van der Waals surface area contributed by atoms with Crippen molar-refractivity contribution in [2.24, 2.45) is 0 Å². The highest BCUT2D eigenvalue weighted by Gasteiger charge is 2.25. The van der Waals surface area contributed by atoms with E-state index in [-0.39, 0.29) is 5.75 Å². The Hall–Kier alpha value is -1.89. The van der Waals surface area contributed by atoms with Gasteiger partial charge < -0.3 is 10.4 Å². The van der Waals surface area contributed by atoms with Crippen molar-refractivity contribution in [3.05, 3.63) is 34.9 Å². The number of sulfone groups is 1. The van der Waals surface area contributed by atoms with Crippen LogP contribution in [0.3, 0.4) is 0 Å². The number of aliphatic carboxylic acids is 1. The molecule has 24 heavy (non-hydrogen) atoms. The van der Waals surface area contributed by atoms with Gasteiger partial charge in [0, 0.05) is 0 Å². The van der Waals surface area contributed by atoms with E-state index in [0.717, 1.165) is 24.0 Å². The summed E-state index contributed by atoms with van der Waals surface area (Å²) in [6.07, 6.45) is 2.17. The highest BCUT2D eigenvalue weighted by Crippen LogP contribution is 2.17. The van der Waals surface area contributed by atoms with E-state index in [1.165, 1.54) is 0 Å². The third-order valence-electron chi connectivity index (χ3n) is 3.83. The minimum absolute atomic E-state index is 0.0599. The molecule has 0 aliphatic rings. The number of amides is 1. The first kappa shape index (κ1) is 20.2. The third kappa shape index (κ3) is 6.31. The summed E-state index contributed by atoms with van der Waals surface area (Å²) in [7, 11) is -3.53. The van der Waals surface area contributed by atoms with Gasteiger partial charge in [-0.25, -0.2) is 13.2 Å². The molecule has 1 atom stereocenters. The molecule has 0 spiro atoms. The zero-order valence-electron chi connectivity index (χ0n) is 14.3. The second-order valence-electron chi connectivity index (χ2n) is 5.98. The fraction of sp³-hybridized carbons (Fsp3) is 0.529. The Morgan fingerprint density at radius 1 is 1.17 bits per heavy atom. The fourth-order valence-electron chi connectivity index (χ4n) is 2.28. The van der Waals surface area contributed by atoms with Crippen molar-refractivity contribution < 1.29 is 23.1 Å². The van der Waals surface area contributed by atoms with Crippen LogP contribution in [0.1, 0.15) is 48.9 Å². The maximum Gasteiger partial charge on any atom is 0.330 e. The Labute approximate surface area is 143 Å². The molecule has 0 saturated heterocycles. The number of unbranched alkanes of at least 4 members (excludes halogenated alkanes) is 2. The predicted octanol–water partition coefficient (Wildman–Crippen LogP) is 2.15. The van der Waals surface area contributed by atoms with Crippen LogP contribution in [-0.4, -0.2) is 36.9 Å². The van der Waals surface area contributed by atoms with Crippen molar-refractivity contribution in [3.8, 4) is 0 Å². The van der Waals surface area contributed by atoms with E-state index < -0.39 is 33.5 Å². The topological polar surface area (TPSA) is 101 Å². The normalized spacial score (nSPS) is 12.6. The number of benzene rings is 1. The van der Waals surface area contributed by atoms with Crippen molar-refractivity contribution in [3.63, 3.8) is 0 Å². The van der Waals surface area contributed by atoms with Crippen LogP contribution < -0.4 is 5.32 Å². The summed E-state index contributed by atoms with van der Waals surface area (Å²) in [6, 6.07) is 3.82. The molecule has 1 aromatic rings. The van der Waals surface area contributed by atoms with Crippen molar-refractivity contribution in [1.29, 1.82) is 0 Å². The third-order valence-corrected chi connectivity index (χ3v) is 5.44. The Morgan fingerprint density at radius 3 is 2.38 bits per heavy atom. The van der Waals surface area contributed by atoms with Crippen LogP contribution in [0.15, 0.2) is 18.2 Å². The van der Waals surface area contributed by atoms with Gasteiger partial charge in [0.15, 0.2) is 15.9 Å². The second-order valence-corrected chi connectivity index (χ2v) is 8.17. The lowest BCUT2D eigenvalue weighted by Crippen LogP contribution is -2.37. The minimum atomic E-state index is -3.53. The van der Waals surface area contributed by atoms with Crippen LogP contribution in [0, 0.1) is 13.8 Å². The lowest BCUT2D eigenvalue weighted by Gasteiger charge is -2.16. The molecule has 1 amide bonds. The number of carbonyl (C=O) groups is 2. The highest BCUT2D eigenvalue weighted by atomic mass is 32.2. The summed E-state index contributed by atoms with van der Waals surface area (Å²) >= 11 is 0. The van der Waals surface area contributed by atoms with Crippen molar-refractivity contribution in [1.82, 2.24) is 5.32 Å². The van der Waals surface area contributed by atoms with Gasteiger partial charge in [-0.15, -0.1) is 0 Å². The summed E-state index contributed by atoms with van der Waals surface area (Å²) in [4.78, 5) is 23.4. The van der Waals surface area contributed by atoms with Gasteiger partial charge in [-0.05, 0) is 37.0 Å². The first-order chi connectivity index (χ1) is 11.2. The maximum atomic E-state index is 12.0. The number of hydrogen-bond acceptors (Lipinski definition) is 4. The van der Waals surface area contributed by atoms with Crippen molar-refractivity contribution in [2.75, 3.05) is 11.5 Å². The van der Waals surface area contributed by atoms with Crippen LogP contribution in [0.25, 0.3) is 0 Å². The maximum absolute atomic E-state index is 12.0. The van der Waals surface area contributed by atoms with Gasteiger partial charge in [-0.2, -0.15) is 0 Å². The van der Waals surface area contributed by atoms with Gasteiger partial charge in [0.1, 0.15) is 5.75 Å². The lowest BCUT2D eigenvalue weighted by molar-refractivity contribution is -0.141. The van der Waals surface area contributed by atoms with Crippen LogP contribution >= 0.6 is 0 Å². The Kier molecular flexibility index (Phi) is 7.41. The van der Waals surface area contributed by atoms with Gasteiger partial charge in [-0.3, -0.25) is 4.79 Å². The molecule has 0 aromatic heterocycles. The summed E-state index contributed by atoms with van der Waals surface area (Å²) in [5.74, 6) is -2.77. The predicted molar refractivity (Wildman–Crippen MR) is 92.6 cm³/mol. The van der Waals surface area contributed by atoms with Crippen molar-refractivity contribution >= 4 is 21.7 Å². The Bertz CT molecular complexity index is 697. The number of hydrogen-bond donors (Lipinski definition) is 2. The molecule has 0 saturated carbocycles. The molecular formula is C17H25NO5S. The van der Waals surface area contributed by atoms with E-state index in [2.05, 4.69) is 5.32 Å². The minimum Gasteiger partial charge on any atom is -0.479 e. The molecule has 0 bridgehead atoms. The number of carboxylic acid groups (broad SMARTS) is 1. The Balaban J connectivity index is 2.80. The molecule has 1 unspecified atom stereocenters. The van der Waals surface area contributed by atoms with E-state index in [1.54, 1.807) is 18.2 Å². The summed E-state index contributed by atoms with van der Waals surface area (Å²) in [6.45, 7) is 5.70. The summed E-state index contributed by atoms with van der Waals surface area (Å²) in [5.41, 5.74) is 2.33. The van der Waals surface area contributed by atoms with E-state index in [0.29, 0.717) is 12.0 Å². The molecule has 0 radical (unpaired) electrons. The quantitative estimate of drug-likeness (QED) is 0.661. The number of carbonyl (C=O) groups excluding carboxylic acids is 1. The molecule has 1 aromatic carbocycles. The van der Waals surface area contributed by atoms with Gasteiger partial charge in [-0.1, -0.05) is 38.0 Å². The second kappa shape index (κ2) is 8.82. The molecule has 0 fully saturated rings. The van der Waals surface area contributed by atoms with Crippen molar-refractivity contribution in [2.45, 2.75) is 46.1 Å². The molecule has 2 N–H and O–H groups in total. The van der Waals surface area contributed by atoms with Crippen LogP contribution in [0.2, 0.25) is 0 Å². The molecule has 0 heterocycles.